The Kier molecular flexibility index (Phi) is 5.80. The van der Waals surface area contributed by atoms with Gasteiger partial charge in [0.2, 0.25) is 15.9 Å². The first kappa shape index (κ1) is 18.2. The molecule has 2 N–H and O–H groups in total. The Hall–Kier alpha value is -2.11. The normalized spacial score (nSPS) is 10.9. The van der Waals surface area contributed by atoms with E-state index in [1.807, 2.05) is 6.07 Å². The molecule has 0 aliphatic rings. The van der Waals surface area contributed by atoms with Crippen LogP contribution in [0.15, 0.2) is 47.4 Å². The van der Waals surface area contributed by atoms with Crippen LogP contribution in [0.4, 0.5) is 5.69 Å². The third kappa shape index (κ3) is 4.69. The Morgan fingerprint density at radius 3 is 2.33 bits per heavy atom. The molecule has 124 valence electrons. The summed E-state index contributed by atoms with van der Waals surface area (Å²) in [6.07, 6.45) is 0. The summed E-state index contributed by atoms with van der Waals surface area (Å²) in [5.74, 6) is -0.552. The predicted octanol–water partition coefficient (Wildman–Crippen LogP) is 2.78. The predicted molar refractivity (Wildman–Crippen MR) is 91.4 cm³/mol. The zero-order chi connectivity index (χ0) is 17.7. The quantitative estimate of drug-likeness (QED) is 0.828. The molecule has 0 radical (unpaired) electrons. The lowest BCUT2D eigenvalue weighted by Crippen LogP contribution is -2.32. The molecule has 24 heavy (non-hydrogen) atoms. The highest BCUT2D eigenvalue weighted by Gasteiger charge is 2.16. The fourth-order valence-electron chi connectivity index (χ4n) is 1.72. The van der Waals surface area contributed by atoms with E-state index < -0.39 is 22.5 Å². The maximum Gasteiger partial charge on any atom is 0.241 e. The molecule has 0 unspecified atom stereocenters. The molecule has 0 saturated heterocycles. The van der Waals surface area contributed by atoms with Crippen molar-refractivity contribution in [2.45, 2.75) is 4.90 Å². The van der Waals surface area contributed by atoms with Crippen LogP contribution in [-0.2, 0) is 14.8 Å². The van der Waals surface area contributed by atoms with Crippen LogP contribution in [0.1, 0.15) is 5.56 Å². The van der Waals surface area contributed by atoms with E-state index in [4.69, 9.17) is 28.5 Å². The van der Waals surface area contributed by atoms with E-state index >= 15 is 0 Å². The highest BCUT2D eigenvalue weighted by molar-refractivity contribution is 7.89. The van der Waals surface area contributed by atoms with Crippen molar-refractivity contribution in [2.75, 3.05) is 11.9 Å². The SMILES string of the molecule is N#Cc1ccc(NC(=O)CNS(=O)(=O)c2ccc(Cl)c(Cl)c2)cc1. The number of benzene rings is 2. The lowest BCUT2D eigenvalue weighted by atomic mass is 10.2. The van der Waals surface area contributed by atoms with Crippen LogP contribution < -0.4 is 10.0 Å². The molecule has 0 atom stereocenters. The molecule has 0 spiro atoms. The van der Waals surface area contributed by atoms with Crippen molar-refractivity contribution in [2.24, 2.45) is 0 Å². The summed E-state index contributed by atoms with van der Waals surface area (Å²) in [6, 6.07) is 12.0. The maximum absolute atomic E-state index is 12.1. The molecule has 0 aliphatic heterocycles. The van der Waals surface area contributed by atoms with E-state index in [2.05, 4.69) is 10.0 Å². The summed E-state index contributed by atoms with van der Waals surface area (Å²) in [5.41, 5.74) is 0.904. The molecule has 0 saturated carbocycles. The molecular weight excluding hydrogens is 373 g/mol. The summed E-state index contributed by atoms with van der Waals surface area (Å²) < 4.78 is 26.4. The summed E-state index contributed by atoms with van der Waals surface area (Å²) in [4.78, 5) is 11.7. The third-order valence-electron chi connectivity index (χ3n) is 2.92. The van der Waals surface area contributed by atoms with Gasteiger partial charge in [0.15, 0.2) is 0 Å². The van der Waals surface area contributed by atoms with Crippen molar-refractivity contribution in [1.82, 2.24) is 4.72 Å². The highest BCUT2D eigenvalue weighted by atomic mass is 35.5. The van der Waals surface area contributed by atoms with Gasteiger partial charge in [0, 0.05) is 5.69 Å². The van der Waals surface area contributed by atoms with Gasteiger partial charge in [-0.3, -0.25) is 4.79 Å². The number of nitrogens with zero attached hydrogens (tertiary/aromatic N) is 1. The first-order valence-electron chi connectivity index (χ1n) is 6.56. The van der Waals surface area contributed by atoms with Gasteiger partial charge in [-0.1, -0.05) is 23.2 Å². The zero-order valence-corrected chi connectivity index (χ0v) is 14.4. The largest absolute Gasteiger partial charge is 0.325 e. The van der Waals surface area contributed by atoms with Crippen molar-refractivity contribution >= 4 is 44.8 Å². The Balaban J connectivity index is 1.99. The van der Waals surface area contributed by atoms with Crippen LogP contribution in [0, 0.1) is 11.3 Å². The zero-order valence-electron chi connectivity index (χ0n) is 12.1. The van der Waals surface area contributed by atoms with Gasteiger partial charge in [-0.05, 0) is 42.5 Å². The van der Waals surface area contributed by atoms with Crippen molar-refractivity contribution in [1.29, 1.82) is 5.26 Å². The van der Waals surface area contributed by atoms with E-state index in [1.165, 1.54) is 30.3 Å². The number of carbonyl (C=O) groups excluding carboxylic acids is 1. The van der Waals surface area contributed by atoms with Gasteiger partial charge in [0.1, 0.15) is 0 Å². The molecule has 0 aromatic heterocycles. The number of nitriles is 1. The van der Waals surface area contributed by atoms with Crippen molar-refractivity contribution < 1.29 is 13.2 Å². The number of hydrogen-bond acceptors (Lipinski definition) is 4. The summed E-state index contributed by atoms with van der Waals surface area (Å²) in [5, 5.41) is 11.5. The van der Waals surface area contributed by atoms with Crippen LogP contribution >= 0.6 is 23.2 Å². The smallest absolute Gasteiger partial charge is 0.241 e. The number of halogens is 2. The number of rotatable bonds is 5. The third-order valence-corrected chi connectivity index (χ3v) is 5.06. The molecule has 9 heteroatoms. The van der Waals surface area contributed by atoms with E-state index in [1.54, 1.807) is 12.1 Å². The Bertz CT molecular complexity index is 907. The highest BCUT2D eigenvalue weighted by Crippen LogP contribution is 2.24. The van der Waals surface area contributed by atoms with Crippen LogP contribution in [0.5, 0.6) is 0 Å². The molecule has 2 rings (SSSR count). The number of anilines is 1. The average Bonchev–Trinajstić information content (AvgIpc) is 2.56. The number of hydrogen-bond donors (Lipinski definition) is 2. The van der Waals surface area contributed by atoms with E-state index in [-0.39, 0.29) is 14.9 Å². The van der Waals surface area contributed by atoms with Gasteiger partial charge >= 0.3 is 0 Å². The van der Waals surface area contributed by atoms with Gasteiger partial charge < -0.3 is 5.32 Å². The first-order chi connectivity index (χ1) is 11.3. The number of sulfonamides is 1. The number of nitrogens with one attached hydrogen (secondary N) is 2. The minimum Gasteiger partial charge on any atom is -0.325 e. The van der Waals surface area contributed by atoms with Crippen molar-refractivity contribution in [3.8, 4) is 6.07 Å². The van der Waals surface area contributed by atoms with Crippen LogP contribution in [0.3, 0.4) is 0 Å². The molecule has 0 aliphatic carbocycles. The van der Waals surface area contributed by atoms with Gasteiger partial charge in [0.05, 0.1) is 33.1 Å². The molecule has 2 aromatic rings. The van der Waals surface area contributed by atoms with E-state index in [0.717, 1.165) is 0 Å². The van der Waals surface area contributed by atoms with Crippen molar-refractivity contribution in [3.05, 3.63) is 58.1 Å². The molecule has 0 fully saturated rings. The fraction of sp³-hybridized carbons (Fsp3) is 0.0667. The summed E-state index contributed by atoms with van der Waals surface area (Å²) >= 11 is 11.5. The van der Waals surface area contributed by atoms with E-state index in [0.29, 0.717) is 11.3 Å². The lowest BCUT2D eigenvalue weighted by Gasteiger charge is -2.08. The van der Waals surface area contributed by atoms with Gasteiger partial charge in [0.25, 0.3) is 0 Å². The summed E-state index contributed by atoms with van der Waals surface area (Å²) in [7, 11) is -3.89. The topological polar surface area (TPSA) is 99.1 Å². The van der Waals surface area contributed by atoms with Crippen LogP contribution in [-0.4, -0.2) is 20.9 Å². The van der Waals surface area contributed by atoms with Gasteiger partial charge in [-0.2, -0.15) is 5.26 Å². The molecular formula is C15H11Cl2N3O3S. The maximum atomic E-state index is 12.1. The molecule has 1 amide bonds. The molecule has 2 aromatic carbocycles. The second-order valence-corrected chi connectivity index (χ2v) is 7.22. The minimum absolute atomic E-state index is 0.0944. The average molecular weight is 384 g/mol. The Morgan fingerprint density at radius 1 is 1.08 bits per heavy atom. The minimum atomic E-state index is -3.89. The second-order valence-electron chi connectivity index (χ2n) is 4.64. The monoisotopic (exact) mass is 383 g/mol. The molecule has 0 heterocycles. The van der Waals surface area contributed by atoms with Crippen molar-refractivity contribution in [3.63, 3.8) is 0 Å². The number of carbonyl (C=O) groups is 1. The van der Waals surface area contributed by atoms with Gasteiger partial charge in [-0.15, -0.1) is 0 Å². The molecule has 0 bridgehead atoms. The summed E-state index contributed by atoms with van der Waals surface area (Å²) in [6.45, 7) is -0.456. The second kappa shape index (κ2) is 7.64. The van der Waals surface area contributed by atoms with Crippen LogP contribution in [0.25, 0.3) is 0 Å². The van der Waals surface area contributed by atoms with Crippen LogP contribution in [0.2, 0.25) is 10.0 Å². The standard InChI is InChI=1S/C15H11Cl2N3O3S/c16-13-6-5-12(7-14(13)17)24(22,23)19-9-15(21)20-11-3-1-10(8-18)2-4-11/h1-7,19H,9H2,(H,20,21). The van der Waals surface area contributed by atoms with E-state index in [9.17, 15) is 13.2 Å². The Labute approximate surface area is 149 Å². The Morgan fingerprint density at radius 2 is 1.75 bits per heavy atom. The lowest BCUT2D eigenvalue weighted by molar-refractivity contribution is -0.115. The fourth-order valence-corrected chi connectivity index (χ4v) is 3.09. The number of amides is 1. The first-order valence-corrected chi connectivity index (χ1v) is 8.80. The van der Waals surface area contributed by atoms with Gasteiger partial charge in [-0.25, -0.2) is 13.1 Å². The molecule has 6 nitrogen and oxygen atoms in total.